The summed E-state index contributed by atoms with van der Waals surface area (Å²) in [4.78, 5) is 12.4. The summed E-state index contributed by atoms with van der Waals surface area (Å²) >= 11 is 0. The molecule has 0 aliphatic heterocycles. The summed E-state index contributed by atoms with van der Waals surface area (Å²) in [6.07, 6.45) is 3.27. The van der Waals surface area contributed by atoms with Crippen LogP contribution < -0.4 is 4.74 Å². The molecule has 0 heterocycles. The van der Waals surface area contributed by atoms with Crippen molar-refractivity contribution in [1.82, 2.24) is 0 Å². The monoisotopic (exact) mass is 240 g/mol. The van der Waals surface area contributed by atoms with Gasteiger partial charge in [0.05, 0.1) is 7.11 Å². The van der Waals surface area contributed by atoms with Crippen molar-refractivity contribution in [3.8, 4) is 5.75 Å². The standard InChI is InChI=1S/C16H16O2/c1-18-15-10-9-14(16(17)11-5-4-6-11)12-7-2-3-8-13(12)15/h2-3,7-11H,4-6H2,1H3. The molecule has 1 saturated carbocycles. The Morgan fingerprint density at radius 2 is 1.83 bits per heavy atom. The number of fused-ring (bicyclic) bond motifs is 1. The van der Waals surface area contributed by atoms with E-state index >= 15 is 0 Å². The molecule has 18 heavy (non-hydrogen) atoms. The summed E-state index contributed by atoms with van der Waals surface area (Å²) in [7, 11) is 1.66. The van der Waals surface area contributed by atoms with Crippen LogP contribution in [0.4, 0.5) is 0 Å². The number of ketones is 1. The van der Waals surface area contributed by atoms with E-state index in [1.165, 1.54) is 6.42 Å². The zero-order chi connectivity index (χ0) is 12.5. The summed E-state index contributed by atoms with van der Waals surface area (Å²) < 4.78 is 5.35. The van der Waals surface area contributed by atoms with Crippen LogP contribution >= 0.6 is 0 Å². The highest BCUT2D eigenvalue weighted by molar-refractivity contribution is 6.10. The Hall–Kier alpha value is -1.83. The van der Waals surface area contributed by atoms with Gasteiger partial charge in [0.1, 0.15) is 5.75 Å². The number of carbonyl (C=O) groups is 1. The molecule has 0 radical (unpaired) electrons. The van der Waals surface area contributed by atoms with Crippen LogP contribution in [0.2, 0.25) is 0 Å². The SMILES string of the molecule is COc1ccc(C(=O)C2CCC2)c2ccccc12. The molecule has 2 nitrogen and oxygen atoms in total. The summed E-state index contributed by atoms with van der Waals surface area (Å²) in [6, 6.07) is 11.8. The van der Waals surface area contributed by atoms with Gasteiger partial charge in [-0.1, -0.05) is 30.7 Å². The second-order valence-electron chi connectivity index (χ2n) is 4.85. The van der Waals surface area contributed by atoms with E-state index in [-0.39, 0.29) is 5.92 Å². The Balaban J connectivity index is 2.15. The molecule has 3 rings (SSSR count). The van der Waals surface area contributed by atoms with Crippen LogP contribution in [0.3, 0.4) is 0 Å². The van der Waals surface area contributed by atoms with Gasteiger partial charge in [-0.3, -0.25) is 4.79 Å². The van der Waals surface area contributed by atoms with Crippen molar-refractivity contribution >= 4 is 16.6 Å². The third-order valence-corrected chi connectivity index (χ3v) is 3.85. The van der Waals surface area contributed by atoms with E-state index in [1.54, 1.807) is 7.11 Å². The first-order valence-corrected chi connectivity index (χ1v) is 6.41. The van der Waals surface area contributed by atoms with Crippen LogP contribution in [0.1, 0.15) is 29.6 Å². The van der Waals surface area contributed by atoms with Crippen molar-refractivity contribution in [2.24, 2.45) is 5.92 Å². The lowest BCUT2D eigenvalue weighted by Gasteiger charge is -2.24. The summed E-state index contributed by atoms with van der Waals surface area (Å²) in [5.41, 5.74) is 0.844. The molecule has 1 aliphatic rings. The summed E-state index contributed by atoms with van der Waals surface area (Å²) in [5.74, 6) is 1.36. The molecule has 0 N–H and O–H groups in total. The van der Waals surface area contributed by atoms with Gasteiger partial charge in [-0.15, -0.1) is 0 Å². The van der Waals surface area contributed by atoms with E-state index in [1.807, 2.05) is 36.4 Å². The Kier molecular flexibility index (Phi) is 2.78. The lowest BCUT2D eigenvalue weighted by molar-refractivity contribution is 0.0857. The van der Waals surface area contributed by atoms with Crippen molar-refractivity contribution < 1.29 is 9.53 Å². The van der Waals surface area contributed by atoms with E-state index in [9.17, 15) is 4.79 Å². The molecule has 0 spiro atoms. The highest BCUT2D eigenvalue weighted by Crippen LogP contribution is 2.34. The number of benzene rings is 2. The van der Waals surface area contributed by atoms with Crippen molar-refractivity contribution in [2.45, 2.75) is 19.3 Å². The molecular weight excluding hydrogens is 224 g/mol. The second kappa shape index (κ2) is 4.45. The molecule has 0 saturated heterocycles. The van der Waals surface area contributed by atoms with Gasteiger partial charge < -0.3 is 4.74 Å². The lowest BCUT2D eigenvalue weighted by atomic mass is 9.79. The number of Topliss-reactive ketones (excluding diaryl/α,β-unsaturated/α-hetero) is 1. The third kappa shape index (κ3) is 1.69. The topological polar surface area (TPSA) is 26.3 Å². The molecule has 0 atom stereocenters. The Morgan fingerprint density at radius 1 is 1.11 bits per heavy atom. The van der Waals surface area contributed by atoms with Gasteiger partial charge in [-0.2, -0.15) is 0 Å². The molecular formula is C16H16O2. The Morgan fingerprint density at radius 3 is 2.44 bits per heavy atom. The predicted molar refractivity (Wildman–Crippen MR) is 72.2 cm³/mol. The quantitative estimate of drug-likeness (QED) is 0.762. The predicted octanol–water partition coefficient (Wildman–Crippen LogP) is 3.83. The minimum Gasteiger partial charge on any atom is -0.496 e. The zero-order valence-corrected chi connectivity index (χ0v) is 10.5. The van der Waals surface area contributed by atoms with Crippen LogP contribution in [-0.2, 0) is 0 Å². The van der Waals surface area contributed by atoms with Crippen LogP contribution in [0.5, 0.6) is 5.75 Å². The highest BCUT2D eigenvalue weighted by atomic mass is 16.5. The Labute approximate surface area is 107 Å². The largest absolute Gasteiger partial charge is 0.496 e. The van der Waals surface area contributed by atoms with E-state index in [2.05, 4.69) is 0 Å². The van der Waals surface area contributed by atoms with Gasteiger partial charge in [0, 0.05) is 16.9 Å². The fourth-order valence-corrected chi connectivity index (χ4v) is 2.55. The van der Waals surface area contributed by atoms with Gasteiger partial charge >= 0.3 is 0 Å². The van der Waals surface area contributed by atoms with Crippen molar-refractivity contribution in [3.05, 3.63) is 42.0 Å². The van der Waals surface area contributed by atoms with Crippen molar-refractivity contribution in [2.75, 3.05) is 7.11 Å². The normalized spacial score (nSPS) is 15.4. The molecule has 0 aromatic heterocycles. The maximum atomic E-state index is 12.4. The van der Waals surface area contributed by atoms with Gasteiger partial charge in [-0.25, -0.2) is 0 Å². The van der Waals surface area contributed by atoms with E-state index < -0.39 is 0 Å². The fourth-order valence-electron chi connectivity index (χ4n) is 2.55. The second-order valence-corrected chi connectivity index (χ2v) is 4.85. The molecule has 0 unspecified atom stereocenters. The number of hydrogen-bond donors (Lipinski definition) is 0. The number of rotatable bonds is 3. The molecule has 0 bridgehead atoms. The van der Waals surface area contributed by atoms with Gasteiger partial charge in [0.15, 0.2) is 5.78 Å². The minimum atomic E-state index is 0.238. The highest BCUT2D eigenvalue weighted by Gasteiger charge is 2.27. The maximum Gasteiger partial charge on any atom is 0.166 e. The summed E-state index contributed by atoms with van der Waals surface area (Å²) in [5, 5.41) is 2.03. The maximum absolute atomic E-state index is 12.4. The minimum absolute atomic E-state index is 0.238. The molecule has 2 heteroatoms. The van der Waals surface area contributed by atoms with E-state index in [0.717, 1.165) is 34.9 Å². The average molecular weight is 240 g/mol. The van der Waals surface area contributed by atoms with Crippen LogP contribution in [0.15, 0.2) is 36.4 Å². The number of carbonyl (C=O) groups excluding carboxylic acids is 1. The molecule has 2 aromatic rings. The van der Waals surface area contributed by atoms with Crippen molar-refractivity contribution in [1.29, 1.82) is 0 Å². The molecule has 92 valence electrons. The first kappa shape index (κ1) is 11.3. The van der Waals surface area contributed by atoms with E-state index in [0.29, 0.717) is 5.78 Å². The molecule has 0 amide bonds. The van der Waals surface area contributed by atoms with Gasteiger partial charge in [-0.05, 0) is 30.4 Å². The third-order valence-electron chi connectivity index (χ3n) is 3.85. The average Bonchev–Trinajstić information content (AvgIpc) is 2.35. The lowest BCUT2D eigenvalue weighted by Crippen LogP contribution is -2.22. The molecule has 1 fully saturated rings. The van der Waals surface area contributed by atoms with Crippen molar-refractivity contribution in [3.63, 3.8) is 0 Å². The number of hydrogen-bond acceptors (Lipinski definition) is 2. The fraction of sp³-hybridized carbons (Fsp3) is 0.312. The molecule has 1 aliphatic carbocycles. The molecule has 2 aromatic carbocycles. The Bertz CT molecular complexity index is 597. The number of methoxy groups -OCH3 is 1. The van der Waals surface area contributed by atoms with Gasteiger partial charge in [0.25, 0.3) is 0 Å². The van der Waals surface area contributed by atoms with Crippen LogP contribution in [0.25, 0.3) is 10.8 Å². The van der Waals surface area contributed by atoms with E-state index in [4.69, 9.17) is 4.74 Å². The first-order valence-electron chi connectivity index (χ1n) is 6.41. The summed E-state index contributed by atoms with van der Waals surface area (Å²) in [6.45, 7) is 0. The number of ether oxygens (including phenoxy) is 1. The zero-order valence-electron chi connectivity index (χ0n) is 10.5. The van der Waals surface area contributed by atoms with Gasteiger partial charge in [0.2, 0.25) is 0 Å². The first-order chi connectivity index (χ1) is 8.81. The smallest absolute Gasteiger partial charge is 0.166 e. The van der Waals surface area contributed by atoms with Crippen LogP contribution in [0, 0.1) is 5.92 Å². The van der Waals surface area contributed by atoms with Crippen LogP contribution in [-0.4, -0.2) is 12.9 Å².